The Balaban J connectivity index is 1.22. The summed E-state index contributed by atoms with van der Waals surface area (Å²) in [5, 5.41) is 2.92. The van der Waals surface area contributed by atoms with E-state index in [4.69, 9.17) is 9.15 Å². The summed E-state index contributed by atoms with van der Waals surface area (Å²) in [4.78, 5) is 14.5. The SMILES string of the molecule is C[C@@H]1C[C@@H]1c1ccc(/C=C/C(=O)NCc2ccc(CN3CCOCC3)cc2)o1. The average Bonchev–Trinajstić information content (AvgIpc) is 3.26. The van der Waals surface area contributed by atoms with Crippen molar-refractivity contribution in [1.29, 1.82) is 0 Å². The van der Waals surface area contributed by atoms with E-state index in [0.29, 0.717) is 18.4 Å². The van der Waals surface area contributed by atoms with Gasteiger partial charge in [-0.3, -0.25) is 9.69 Å². The molecule has 1 aromatic heterocycles. The lowest BCUT2D eigenvalue weighted by atomic mass is 10.1. The summed E-state index contributed by atoms with van der Waals surface area (Å²) in [6.07, 6.45) is 4.46. The molecule has 5 nitrogen and oxygen atoms in total. The second-order valence-corrected chi connectivity index (χ2v) is 7.82. The van der Waals surface area contributed by atoms with Gasteiger partial charge >= 0.3 is 0 Å². The number of rotatable bonds is 7. The first-order valence-corrected chi connectivity index (χ1v) is 10.1. The van der Waals surface area contributed by atoms with Crippen LogP contribution in [0.2, 0.25) is 0 Å². The molecule has 2 fully saturated rings. The van der Waals surface area contributed by atoms with Crippen LogP contribution < -0.4 is 5.32 Å². The number of nitrogens with zero attached hydrogens (tertiary/aromatic N) is 1. The molecule has 2 heterocycles. The largest absolute Gasteiger partial charge is 0.461 e. The lowest BCUT2D eigenvalue weighted by Gasteiger charge is -2.26. The van der Waals surface area contributed by atoms with Gasteiger partial charge in [0.1, 0.15) is 11.5 Å². The van der Waals surface area contributed by atoms with Gasteiger partial charge in [0, 0.05) is 38.2 Å². The maximum absolute atomic E-state index is 12.1. The Hall–Kier alpha value is -2.37. The molecule has 28 heavy (non-hydrogen) atoms. The highest BCUT2D eigenvalue weighted by Crippen LogP contribution is 2.47. The summed E-state index contributed by atoms with van der Waals surface area (Å²) in [5.74, 6) is 2.92. The Labute approximate surface area is 166 Å². The molecule has 1 saturated carbocycles. The summed E-state index contributed by atoms with van der Waals surface area (Å²) in [5.41, 5.74) is 2.38. The molecule has 1 aliphatic heterocycles. The molecule has 1 aliphatic carbocycles. The molecule has 1 N–H and O–H groups in total. The van der Waals surface area contributed by atoms with Gasteiger partial charge in [-0.05, 0) is 41.7 Å². The molecular weight excluding hydrogens is 352 g/mol. The zero-order valence-electron chi connectivity index (χ0n) is 16.4. The number of benzene rings is 1. The molecule has 148 valence electrons. The average molecular weight is 380 g/mol. The van der Waals surface area contributed by atoms with Crippen molar-refractivity contribution in [2.24, 2.45) is 5.92 Å². The summed E-state index contributed by atoms with van der Waals surface area (Å²) < 4.78 is 11.2. The molecule has 0 spiro atoms. The lowest BCUT2D eigenvalue weighted by molar-refractivity contribution is -0.116. The molecule has 0 radical (unpaired) electrons. The highest BCUT2D eigenvalue weighted by molar-refractivity contribution is 5.91. The molecule has 4 rings (SSSR count). The first-order chi connectivity index (χ1) is 13.7. The van der Waals surface area contributed by atoms with Crippen molar-refractivity contribution in [3.05, 3.63) is 65.1 Å². The van der Waals surface area contributed by atoms with Crippen LogP contribution in [0.4, 0.5) is 0 Å². The predicted octanol–water partition coefficient (Wildman–Crippen LogP) is 3.56. The standard InChI is InChI=1S/C23H28N2O3/c1-17-14-21(17)22-8-6-20(28-22)7-9-23(26)24-15-18-2-4-19(5-3-18)16-25-10-12-27-13-11-25/h2-9,17,21H,10-16H2,1H3,(H,24,26)/b9-7+/t17-,21+/m1/s1. The Morgan fingerprint density at radius 3 is 2.57 bits per heavy atom. The summed E-state index contributed by atoms with van der Waals surface area (Å²) >= 11 is 0. The number of furan rings is 1. The van der Waals surface area contributed by atoms with E-state index in [0.717, 1.165) is 49.9 Å². The number of hydrogen-bond donors (Lipinski definition) is 1. The van der Waals surface area contributed by atoms with E-state index >= 15 is 0 Å². The first-order valence-electron chi connectivity index (χ1n) is 10.1. The normalized spacial score (nSPS) is 22.5. The smallest absolute Gasteiger partial charge is 0.244 e. The zero-order chi connectivity index (χ0) is 19.3. The van der Waals surface area contributed by atoms with Crippen molar-refractivity contribution in [3.8, 4) is 0 Å². The van der Waals surface area contributed by atoms with Gasteiger partial charge < -0.3 is 14.5 Å². The van der Waals surface area contributed by atoms with E-state index in [-0.39, 0.29) is 5.91 Å². The Morgan fingerprint density at radius 2 is 1.86 bits per heavy atom. The maximum atomic E-state index is 12.1. The minimum absolute atomic E-state index is 0.116. The van der Waals surface area contributed by atoms with Gasteiger partial charge in [-0.1, -0.05) is 31.2 Å². The number of amides is 1. The van der Waals surface area contributed by atoms with Crippen molar-refractivity contribution in [1.82, 2.24) is 10.2 Å². The van der Waals surface area contributed by atoms with E-state index in [1.54, 1.807) is 6.08 Å². The predicted molar refractivity (Wildman–Crippen MR) is 109 cm³/mol. The molecule has 2 aliphatic rings. The van der Waals surface area contributed by atoms with Gasteiger partial charge in [0.05, 0.1) is 13.2 Å². The zero-order valence-corrected chi connectivity index (χ0v) is 16.4. The highest BCUT2D eigenvalue weighted by atomic mass is 16.5. The van der Waals surface area contributed by atoms with Crippen LogP contribution in [0, 0.1) is 5.92 Å². The third kappa shape index (κ3) is 5.12. The van der Waals surface area contributed by atoms with Gasteiger partial charge in [0.15, 0.2) is 0 Å². The second kappa shape index (κ2) is 8.76. The van der Waals surface area contributed by atoms with E-state index in [2.05, 4.69) is 41.4 Å². The Bertz CT molecular complexity index is 819. The molecule has 1 saturated heterocycles. The quantitative estimate of drug-likeness (QED) is 0.746. The van der Waals surface area contributed by atoms with Crippen molar-refractivity contribution in [3.63, 3.8) is 0 Å². The van der Waals surface area contributed by atoms with E-state index in [1.807, 2.05) is 12.1 Å². The topological polar surface area (TPSA) is 54.7 Å². The maximum Gasteiger partial charge on any atom is 0.244 e. The van der Waals surface area contributed by atoms with Crippen LogP contribution in [0.3, 0.4) is 0 Å². The third-order valence-electron chi connectivity index (χ3n) is 5.52. The van der Waals surface area contributed by atoms with Crippen LogP contribution in [0.1, 0.15) is 41.9 Å². The van der Waals surface area contributed by atoms with Crippen LogP contribution in [0.25, 0.3) is 6.08 Å². The fraction of sp³-hybridized carbons (Fsp3) is 0.435. The van der Waals surface area contributed by atoms with Crippen LogP contribution in [0.5, 0.6) is 0 Å². The van der Waals surface area contributed by atoms with Crippen molar-refractivity contribution in [2.45, 2.75) is 32.4 Å². The number of carbonyl (C=O) groups is 1. The van der Waals surface area contributed by atoms with E-state index in [1.165, 1.54) is 18.1 Å². The monoisotopic (exact) mass is 380 g/mol. The number of morpholine rings is 1. The van der Waals surface area contributed by atoms with Gasteiger partial charge in [-0.2, -0.15) is 0 Å². The van der Waals surface area contributed by atoms with Crippen molar-refractivity contribution < 1.29 is 13.9 Å². The molecule has 5 heteroatoms. The molecule has 0 unspecified atom stereocenters. The Morgan fingerprint density at radius 1 is 1.14 bits per heavy atom. The van der Waals surface area contributed by atoms with Crippen LogP contribution in [-0.4, -0.2) is 37.1 Å². The van der Waals surface area contributed by atoms with Crippen molar-refractivity contribution in [2.75, 3.05) is 26.3 Å². The summed E-state index contributed by atoms with van der Waals surface area (Å²) in [6, 6.07) is 12.4. The number of carbonyl (C=O) groups excluding carboxylic acids is 1. The molecule has 0 bridgehead atoms. The molecule has 2 atom stereocenters. The molecule has 1 aromatic carbocycles. The van der Waals surface area contributed by atoms with Gasteiger partial charge in [0.25, 0.3) is 0 Å². The molecular formula is C23H28N2O3. The van der Waals surface area contributed by atoms with Crippen molar-refractivity contribution >= 4 is 12.0 Å². The van der Waals surface area contributed by atoms with Gasteiger partial charge in [-0.25, -0.2) is 0 Å². The fourth-order valence-corrected chi connectivity index (χ4v) is 3.56. The summed E-state index contributed by atoms with van der Waals surface area (Å²) in [7, 11) is 0. The van der Waals surface area contributed by atoms with Gasteiger partial charge in [0.2, 0.25) is 5.91 Å². The lowest BCUT2D eigenvalue weighted by Crippen LogP contribution is -2.35. The molecule has 1 amide bonds. The number of nitrogens with one attached hydrogen (secondary N) is 1. The van der Waals surface area contributed by atoms with Gasteiger partial charge in [-0.15, -0.1) is 0 Å². The fourth-order valence-electron chi connectivity index (χ4n) is 3.56. The van der Waals surface area contributed by atoms with E-state index in [9.17, 15) is 4.79 Å². The second-order valence-electron chi connectivity index (χ2n) is 7.82. The molecule has 2 aromatic rings. The number of ether oxygens (including phenoxy) is 1. The van der Waals surface area contributed by atoms with Crippen LogP contribution in [0.15, 0.2) is 46.9 Å². The first kappa shape index (κ1) is 19.0. The Kier molecular flexibility index (Phi) is 5.93. The number of hydrogen-bond acceptors (Lipinski definition) is 4. The summed E-state index contributed by atoms with van der Waals surface area (Å²) in [6.45, 7) is 7.30. The third-order valence-corrected chi connectivity index (χ3v) is 5.52. The van der Waals surface area contributed by atoms with Crippen LogP contribution in [-0.2, 0) is 22.6 Å². The van der Waals surface area contributed by atoms with E-state index < -0.39 is 0 Å². The van der Waals surface area contributed by atoms with Crippen LogP contribution >= 0.6 is 0 Å². The minimum Gasteiger partial charge on any atom is -0.461 e. The highest BCUT2D eigenvalue weighted by Gasteiger charge is 2.36. The minimum atomic E-state index is -0.116.